The average molecular weight is 350 g/mol. The second kappa shape index (κ2) is 7.77. The second-order valence-corrected chi connectivity index (χ2v) is 6.01. The third kappa shape index (κ3) is 3.95. The number of benzene rings is 2. The lowest BCUT2D eigenvalue weighted by Crippen LogP contribution is -2.07. The van der Waals surface area contributed by atoms with E-state index >= 15 is 0 Å². The second-order valence-electron chi connectivity index (χ2n) is 5.24. The molecule has 3 aromatic rings. The van der Waals surface area contributed by atoms with Gasteiger partial charge in [-0.2, -0.15) is 5.26 Å². The minimum atomic E-state index is -0.278. The summed E-state index contributed by atoms with van der Waals surface area (Å²) in [4.78, 5) is 8.92. The van der Waals surface area contributed by atoms with Crippen LogP contribution in [0, 0.1) is 17.1 Å². The molecule has 1 N–H and O–H groups in total. The summed E-state index contributed by atoms with van der Waals surface area (Å²) < 4.78 is 13.0. The van der Waals surface area contributed by atoms with Crippen molar-refractivity contribution < 1.29 is 4.39 Å². The first-order valence-electron chi connectivity index (χ1n) is 7.61. The normalized spacial score (nSPS) is 10.3. The summed E-state index contributed by atoms with van der Waals surface area (Å²) in [6.45, 7) is 0.439. The van der Waals surface area contributed by atoms with Gasteiger partial charge in [0.15, 0.2) is 5.16 Å². The van der Waals surface area contributed by atoms with Crippen molar-refractivity contribution in [2.45, 2.75) is 11.7 Å². The lowest BCUT2D eigenvalue weighted by molar-refractivity contribution is 0.627. The molecular formula is C19H15FN4S. The molecule has 1 heterocycles. The first kappa shape index (κ1) is 16.9. The summed E-state index contributed by atoms with van der Waals surface area (Å²) in [6.07, 6.45) is 1.89. The van der Waals surface area contributed by atoms with Gasteiger partial charge in [-0.15, -0.1) is 0 Å². The molecule has 124 valence electrons. The smallest absolute Gasteiger partial charge is 0.189 e. The zero-order valence-corrected chi connectivity index (χ0v) is 14.3. The molecule has 0 spiro atoms. The molecule has 0 aliphatic rings. The Morgan fingerprint density at radius 2 is 1.80 bits per heavy atom. The zero-order chi connectivity index (χ0) is 17.6. The van der Waals surface area contributed by atoms with Crippen molar-refractivity contribution in [1.29, 1.82) is 5.26 Å². The van der Waals surface area contributed by atoms with Crippen LogP contribution in [0.1, 0.15) is 11.1 Å². The molecule has 6 heteroatoms. The van der Waals surface area contributed by atoms with Crippen molar-refractivity contribution in [2.75, 3.05) is 11.6 Å². The Labute approximate surface area is 149 Å². The highest BCUT2D eigenvalue weighted by Crippen LogP contribution is 2.28. The summed E-state index contributed by atoms with van der Waals surface area (Å²) >= 11 is 1.41. The molecule has 0 aliphatic heterocycles. The van der Waals surface area contributed by atoms with Crippen LogP contribution < -0.4 is 5.32 Å². The quantitative estimate of drug-likeness (QED) is 0.543. The van der Waals surface area contributed by atoms with Crippen LogP contribution in [-0.4, -0.2) is 16.2 Å². The van der Waals surface area contributed by atoms with Crippen LogP contribution in [0.5, 0.6) is 0 Å². The Balaban J connectivity index is 1.97. The Kier molecular flexibility index (Phi) is 5.26. The number of anilines is 1. The van der Waals surface area contributed by atoms with E-state index in [0.717, 1.165) is 11.1 Å². The van der Waals surface area contributed by atoms with Crippen molar-refractivity contribution in [3.05, 3.63) is 71.5 Å². The number of hydrogen-bond acceptors (Lipinski definition) is 5. The molecule has 0 fully saturated rings. The summed E-state index contributed by atoms with van der Waals surface area (Å²) in [6, 6.07) is 18.0. The Morgan fingerprint density at radius 1 is 1.08 bits per heavy atom. The van der Waals surface area contributed by atoms with E-state index in [4.69, 9.17) is 0 Å². The van der Waals surface area contributed by atoms with E-state index in [1.165, 1.54) is 23.9 Å². The molecule has 0 atom stereocenters. The standard InChI is InChI=1S/C19H15FN4S/c1-25-19-23-17(14-5-3-2-4-6-14)16(11-21)18(24-19)22-12-13-7-9-15(20)10-8-13/h2-10H,12H2,1H3,(H,22,23,24). The highest BCUT2D eigenvalue weighted by molar-refractivity contribution is 7.98. The summed E-state index contributed by atoms with van der Waals surface area (Å²) in [5.41, 5.74) is 2.76. The SMILES string of the molecule is CSc1nc(NCc2ccc(F)cc2)c(C#N)c(-c2ccccc2)n1. The first-order chi connectivity index (χ1) is 12.2. The predicted octanol–water partition coefficient (Wildman–Crippen LogP) is 4.49. The number of thioether (sulfide) groups is 1. The molecule has 3 rings (SSSR count). The number of nitrogens with zero attached hydrogens (tertiary/aromatic N) is 3. The lowest BCUT2D eigenvalue weighted by atomic mass is 10.1. The van der Waals surface area contributed by atoms with Crippen LogP contribution in [0.15, 0.2) is 59.8 Å². The molecule has 25 heavy (non-hydrogen) atoms. The summed E-state index contributed by atoms with van der Waals surface area (Å²) in [5.74, 6) is 0.199. The van der Waals surface area contributed by atoms with Crippen molar-refractivity contribution in [2.24, 2.45) is 0 Å². The van der Waals surface area contributed by atoms with Crippen molar-refractivity contribution in [3.63, 3.8) is 0 Å². The van der Waals surface area contributed by atoms with E-state index in [0.29, 0.717) is 28.8 Å². The molecule has 0 saturated carbocycles. The molecule has 0 bridgehead atoms. The van der Waals surface area contributed by atoms with Gasteiger partial charge >= 0.3 is 0 Å². The van der Waals surface area contributed by atoms with Gasteiger partial charge in [0.25, 0.3) is 0 Å². The van der Waals surface area contributed by atoms with Gasteiger partial charge in [-0.25, -0.2) is 14.4 Å². The van der Waals surface area contributed by atoms with Crippen LogP contribution in [0.3, 0.4) is 0 Å². The molecule has 0 unspecified atom stereocenters. The Bertz CT molecular complexity index is 905. The van der Waals surface area contributed by atoms with E-state index in [-0.39, 0.29) is 5.82 Å². The highest BCUT2D eigenvalue weighted by Gasteiger charge is 2.15. The van der Waals surface area contributed by atoms with Gasteiger partial charge in [-0.3, -0.25) is 0 Å². The van der Waals surface area contributed by atoms with Crippen LogP contribution in [0.4, 0.5) is 10.2 Å². The third-order valence-corrected chi connectivity index (χ3v) is 4.15. The average Bonchev–Trinajstić information content (AvgIpc) is 2.67. The Morgan fingerprint density at radius 3 is 2.44 bits per heavy atom. The van der Waals surface area contributed by atoms with Gasteiger partial charge in [0, 0.05) is 12.1 Å². The van der Waals surface area contributed by atoms with E-state index in [9.17, 15) is 9.65 Å². The highest BCUT2D eigenvalue weighted by atomic mass is 32.2. The van der Waals surface area contributed by atoms with E-state index in [2.05, 4.69) is 21.4 Å². The minimum Gasteiger partial charge on any atom is -0.365 e. The number of nitriles is 1. The molecule has 0 aliphatic carbocycles. The number of aromatic nitrogens is 2. The van der Waals surface area contributed by atoms with Crippen LogP contribution >= 0.6 is 11.8 Å². The van der Waals surface area contributed by atoms with Crippen molar-refractivity contribution >= 4 is 17.6 Å². The maximum Gasteiger partial charge on any atom is 0.189 e. The fourth-order valence-electron chi connectivity index (χ4n) is 2.36. The largest absolute Gasteiger partial charge is 0.365 e. The zero-order valence-electron chi connectivity index (χ0n) is 13.5. The monoisotopic (exact) mass is 350 g/mol. The minimum absolute atomic E-state index is 0.278. The van der Waals surface area contributed by atoms with Gasteiger partial charge in [-0.05, 0) is 24.0 Å². The van der Waals surface area contributed by atoms with Gasteiger partial charge in [0.2, 0.25) is 0 Å². The third-order valence-electron chi connectivity index (χ3n) is 3.60. The maximum atomic E-state index is 13.0. The lowest BCUT2D eigenvalue weighted by Gasteiger charge is -2.12. The molecular weight excluding hydrogens is 335 g/mol. The fourth-order valence-corrected chi connectivity index (χ4v) is 2.72. The summed E-state index contributed by atoms with van der Waals surface area (Å²) in [7, 11) is 0. The molecule has 2 aromatic carbocycles. The molecule has 0 saturated heterocycles. The predicted molar refractivity (Wildman–Crippen MR) is 97.7 cm³/mol. The van der Waals surface area contributed by atoms with E-state index in [1.807, 2.05) is 36.6 Å². The number of hydrogen-bond donors (Lipinski definition) is 1. The molecule has 1 aromatic heterocycles. The van der Waals surface area contributed by atoms with E-state index < -0.39 is 0 Å². The topological polar surface area (TPSA) is 61.6 Å². The molecule has 0 radical (unpaired) electrons. The fraction of sp³-hybridized carbons (Fsp3) is 0.105. The van der Waals surface area contributed by atoms with Gasteiger partial charge < -0.3 is 5.32 Å². The van der Waals surface area contributed by atoms with Gasteiger partial charge in [0.05, 0.1) is 5.69 Å². The van der Waals surface area contributed by atoms with Crippen molar-refractivity contribution in [1.82, 2.24) is 9.97 Å². The van der Waals surface area contributed by atoms with Crippen LogP contribution in [0.2, 0.25) is 0 Å². The van der Waals surface area contributed by atoms with Crippen LogP contribution in [0.25, 0.3) is 11.3 Å². The van der Waals surface area contributed by atoms with E-state index in [1.54, 1.807) is 12.1 Å². The number of nitrogens with one attached hydrogen (secondary N) is 1. The summed E-state index contributed by atoms with van der Waals surface area (Å²) in [5, 5.41) is 13.4. The molecule has 4 nitrogen and oxygen atoms in total. The Hall–Kier alpha value is -2.91. The maximum absolute atomic E-state index is 13.0. The molecule has 0 amide bonds. The van der Waals surface area contributed by atoms with Crippen molar-refractivity contribution in [3.8, 4) is 17.3 Å². The van der Waals surface area contributed by atoms with Gasteiger partial charge in [0.1, 0.15) is 23.3 Å². The number of rotatable bonds is 5. The van der Waals surface area contributed by atoms with Gasteiger partial charge in [-0.1, -0.05) is 54.2 Å². The first-order valence-corrected chi connectivity index (χ1v) is 8.83. The van der Waals surface area contributed by atoms with Crippen LogP contribution in [-0.2, 0) is 6.54 Å². The number of halogens is 1.